The Bertz CT molecular complexity index is 709. The van der Waals surface area contributed by atoms with Crippen molar-refractivity contribution in [1.82, 2.24) is 0 Å². The molecule has 1 aromatic heterocycles. The first-order valence-corrected chi connectivity index (χ1v) is 11.5. The Morgan fingerprint density at radius 1 is 1.14 bits per heavy atom. The molecule has 0 amide bonds. The van der Waals surface area contributed by atoms with Crippen LogP contribution in [0, 0.1) is 0 Å². The highest BCUT2D eigenvalue weighted by molar-refractivity contribution is 6.90. The van der Waals surface area contributed by atoms with Crippen LogP contribution in [-0.4, -0.2) is 8.07 Å². The van der Waals surface area contributed by atoms with Gasteiger partial charge in [0.25, 0.3) is 0 Å². The molecular weight excluding hydrogens is 278 g/mol. The first kappa shape index (κ1) is 14.5. The molecule has 0 bridgehead atoms. The average molecular weight is 302 g/mol. The summed E-state index contributed by atoms with van der Waals surface area (Å²) in [6.07, 6.45) is 7.91. The summed E-state index contributed by atoms with van der Waals surface area (Å²) in [5, 5.41) is 2.29. The van der Waals surface area contributed by atoms with E-state index in [2.05, 4.69) is 37.8 Å². The summed E-state index contributed by atoms with van der Waals surface area (Å²) in [6.45, 7) is 6.85. The standard InChI is InChI=1S/C17H24NO2Si/c1-21(2,3)15-11-7-8-13-12-18(17(19)20-16(13)15)14-9-5-4-6-10-14/h7-8,11-12,14H,4-6,9-10H2,1-3H3/q+1. The Balaban J connectivity index is 2.15. The molecule has 0 N–H and O–H groups in total. The molecule has 3 rings (SSSR count). The van der Waals surface area contributed by atoms with E-state index >= 15 is 0 Å². The van der Waals surface area contributed by atoms with Gasteiger partial charge in [0, 0.05) is 12.8 Å². The third-order valence-electron chi connectivity index (χ3n) is 4.50. The fourth-order valence-corrected chi connectivity index (χ4v) is 4.79. The van der Waals surface area contributed by atoms with E-state index in [1.54, 1.807) is 0 Å². The second-order valence-corrected chi connectivity index (χ2v) is 12.2. The molecule has 2 aromatic rings. The number of nitrogens with zero attached hydrogens (tertiary/aromatic N) is 1. The molecule has 1 aliphatic rings. The molecule has 1 heterocycles. The van der Waals surface area contributed by atoms with Crippen LogP contribution in [0.2, 0.25) is 19.6 Å². The van der Waals surface area contributed by atoms with Crippen molar-refractivity contribution in [1.29, 1.82) is 0 Å². The zero-order valence-corrected chi connectivity index (χ0v) is 14.2. The highest BCUT2D eigenvalue weighted by atomic mass is 28.3. The van der Waals surface area contributed by atoms with Crippen LogP contribution in [0.15, 0.2) is 33.6 Å². The minimum absolute atomic E-state index is 0.194. The van der Waals surface area contributed by atoms with Crippen molar-refractivity contribution >= 4 is 24.2 Å². The molecule has 0 atom stereocenters. The third-order valence-corrected chi connectivity index (χ3v) is 6.51. The second kappa shape index (κ2) is 5.41. The van der Waals surface area contributed by atoms with E-state index in [4.69, 9.17) is 4.42 Å². The van der Waals surface area contributed by atoms with Crippen LogP contribution in [0.1, 0.15) is 38.1 Å². The zero-order chi connectivity index (χ0) is 15.0. The van der Waals surface area contributed by atoms with E-state index in [9.17, 15) is 4.79 Å². The molecule has 0 saturated heterocycles. The van der Waals surface area contributed by atoms with Crippen molar-refractivity contribution in [2.24, 2.45) is 0 Å². The fourth-order valence-electron chi connectivity index (χ4n) is 3.32. The van der Waals surface area contributed by atoms with E-state index in [1.807, 2.05) is 10.8 Å². The number of para-hydroxylation sites is 1. The quantitative estimate of drug-likeness (QED) is 0.631. The maximum atomic E-state index is 12.4. The van der Waals surface area contributed by atoms with Crippen LogP contribution in [-0.2, 0) is 0 Å². The van der Waals surface area contributed by atoms with Gasteiger partial charge in [0.1, 0.15) is 5.58 Å². The predicted octanol–water partition coefficient (Wildman–Crippen LogP) is 3.13. The number of rotatable bonds is 2. The summed E-state index contributed by atoms with van der Waals surface area (Å²) < 4.78 is 7.57. The summed E-state index contributed by atoms with van der Waals surface area (Å²) in [5.41, 5.74) is 0.800. The Hall–Kier alpha value is -1.42. The lowest BCUT2D eigenvalue weighted by molar-refractivity contribution is -0.747. The Kier molecular flexibility index (Phi) is 3.74. The van der Waals surface area contributed by atoms with Gasteiger partial charge in [-0.1, -0.05) is 38.2 Å². The smallest absolute Gasteiger partial charge is 0.372 e. The minimum atomic E-state index is -1.52. The molecule has 1 aromatic carbocycles. The van der Waals surface area contributed by atoms with Crippen molar-refractivity contribution in [2.75, 3.05) is 0 Å². The molecule has 1 saturated carbocycles. The number of hydrogen-bond acceptors (Lipinski definition) is 2. The first-order valence-electron chi connectivity index (χ1n) is 7.95. The Morgan fingerprint density at radius 3 is 2.52 bits per heavy atom. The molecule has 0 spiro atoms. The van der Waals surface area contributed by atoms with Crippen LogP contribution in [0.4, 0.5) is 0 Å². The van der Waals surface area contributed by atoms with Gasteiger partial charge in [-0.15, -0.1) is 4.57 Å². The van der Waals surface area contributed by atoms with E-state index < -0.39 is 8.07 Å². The maximum absolute atomic E-state index is 12.4. The highest BCUT2D eigenvalue weighted by Gasteiger charge is 2.28. The topological polar surface area (TPSA) is 34.1 Å². The molecule has 0 unspecified atom stereocenters. The van der Waals surface area contributed by atoms with E-state index in [0.29, 0.717) is 6.04 Å². The van der Waals surface area contributed by atoms with Crippen LogP contribution in [0.5, 0.6) is 0 Å². The minimum Gasteiger partial charge on any atom is -0.372 e. The lowest BCUT2D eigenvalue weighted by Crippen LogP contribution is -2.53. The summed E-state index contributed by atoms with van der Waals surface area (Å²) in [5.74, 6) is -0.194. The van der Waals surface area contributed by atoms with Crippen LogP contribution < -0.4 is 15.5 Å². The zero-order valence-electron chi connectivity index (χ0n) is 13.2. The molecule has 0 radical (unpaired) electrons. The molecule has 0 aliphatic heterocycles. The van der Waals surface area contributed by atoms with Gasteiger partial charge in [0.2, 0.25) is 0 Å². The molecule has 21 heavy (non-hydrogen) atoms. The monoisotopic (exact) mass is 302 g/mol. The van der Waals surface area contributed by atoms with Gasteiger partial charge in [0.05, 0.1) is 13.5 Å². The van der Waals surface area contributed by atoms with Crippen molar-refractivity contribution in [3.8, 4) is 0 Å². The number of benzene rings is 1. The summed E-state index contributed by atoms with van der Waals surface area (Å²) >= 11 is 0. The second-order valence-electron chi connectivity index (χ2n) is 7.17. The lowest BCUT2D eigenvalue weighted by Gasteiger charge is -2.18. The van der Waals surface area contributed by atoms with E-state index in [-0.39, 0.29) is 5.76 Å². The first-order chi connectivity index (χ1) is 9.97. The molecule has 4 heteroatoms. The number of aromatic nitrogens is 1. The Labute approximate surface area is 126 Å². The molecule has 112 valence electrons. The normalized spacial score (nSPS) is 17.3. The van der Waals surface area contributed by atoms with Crippen molar-refractivity contribution in [3.05, 3.63) is 34.9 Å². The molecule has 1 aliphatic carbocycles. The Morgan fingerprint density at radius 2 is 1.86 bits per heavy atom. The van der Waals surface area contributed by atoms with Gasteiger partial charge in [-0.2, -0.15) is 4.79 Å². The van der Waals surface area contributed by atoms with Gasteiger partial charge in [-0.3, -0.25) is 0 Å². The van der Waals surface area contributed by atoms with Crippen LogP contribution >= 0.6 is 0 Å². The predicted molar refractivity (Wildman–Crippen MR) is 87.8 cm³/mol. The molecule has 3 nitrogen and oxygen atoms in total. The number of fused-ring (bicyclic) bond motifs is 1. The van der Waals surface area contributed by atoms with Gasteiger partial charge in [-0.05, 0) is 24.1 Å². The van der Waals surface area contributed by atoms with Gasteiger partial charge < -0.3 is 4.42 Å². The van der Waals surface area contributed by atoms with Crippen molar-refractivity contribution in [2.45, 2.75) is 57.8 Å². The highest BCUT2D eigenvalue weighted by Crippen LogP contribution is 2.23. The van der Waals surface area contributed by atoms with E-state index in [0.717, 1.165) is 23.8 Å². The maximum Gasteiger partial charge on any atom is 0.602 e. The summed E-state index contributed by atoms with van der Waals surface area (Å²) in [6, 6.07) is 6.57. The summed E-state index contributed by atoms with van der Waals surface area (Å²) in [4.78, 5) is 12.4. The van der Waals surface area contributed by atoms with E-state index in [1.165, 1.54) is 24.4 Å². The lowest BCUT2D eigenvalue weighted by atomic mass is 9.95. The van der Waals surface area contributed by atoms with Gasteiger partial charge in [-0.25, -0.2) is 0 Å². The van der Waals surface area contributed by atoms with Crippen molar-refractivity contribution < 1.29 is 8.98 Å². The third kappa shape index (κ3) is 2.82. The van der Waals surface area contributed by atoms with Crippen LogP contribution in [0.3, 0.4) is 0 Å². The fraction of sp³-hybridized carbons (Fsp3) is 0.529. The van der Waals surface area contributed by atoms with Gasteiger partial charge in [0.15, 0.2) is 12.2 Å². The molecular formula is C17H24NO2Si+. The number of hydrogen-bond donors (Lipinski definition) is 0. The largest absolute Gasteiger partial charge is 0.602 e. The summed E-state index contributed by atoms with van der Waals surface area (Å²) in [7, 11) is -1.52. The molecule has 1 fully saturated rings. The van der Waals surface area contributed by atoms with Crippen LogP contribution in [0.25, 0.3) is 11.0 Å². The van der Waals surface area contributed by atoms with Crippen molar-refractivity contribution in [3.63, 3.8) is 0 Å². The average Bonchev–Trinajstić information content (AvgIpc) is 2.46. The SMILES string of the molecule is C[Si](C)(C)c1cccc2c[n+](C3CCCCC3)c(=O)oc12. The van der Waals surface area contributed by atoms with Gasteiger partial charge >= 0.3 is 5.76 Å².